The molecule has 0 aromatic heterocycles. The molecule has 4 aliphatic rings. The molecular weight excluding hydrogens is 536 g/mol. The number of fused-ring (bicyclic) bond motifs is 3. The monoisotopic (exact) mass is 578 g/mol. The van der Waals surface area contributed by atoms with Crippen LogP contribution in [-0.2, 0) is 47.7 Å². The number of aliphatic hydroxyl groups is 1. The average molecular weight is 579 g/mol. The molecule has 1 N–H and O–H groups in total. The predicted octanol–water partition coefficient (Wildman–Crippen LogP) is 2.65. The lowest BCUT2D eigenvalue weighted by atomic mass is 9.37. The lowest BCUT2D eigenvalue weighted by Crippen LogP contribution is -2.77. The fourth-order valence-electron chi connectivity index (χ4n) is 9.29. The van der Waals surface area contributed by atoms with Gasteiger partial charge < -0.3 is 28.8 Å². The minimum absolute atomic E-state index is 0.0621. The largest absolute Gasteiger partial charge is 0.462 e. The van der Waals surface area contributed by atoms with Crippen molar-refractivity contribution in [3.05, 3.63) is 12.2 Å². The Morgan fingerprint density at radius 1 is 0.756 bits per heavy atom. The van der Waals surface area contributed by atoms with Gasteiger partial charge in [0.25, 0.3) is 0 Å². The topological polar surface area (TPSA) is 152 Å². The van der Waals surface area contributed by atoms with Gasteiger partial charge in [0.05, 0.1) is 11.5 Å². The minimum Gasteiger partial charge on any atom is -0.462 e. The van der Waals surface area contributed by atoms with Crippen molar-refractivity contribution in [1.82, 2.24) is 0 Å². The molecule has 0 radical (unpaired) electrons. The molecule has 228 valence electrons. The fraction of sp³-hybridized carbons (Fsp3) is 0.767. The van der Waals surface area contributed by atoms with Crippen LogP contribution in [0.15, 0.2) is 12.2 Å². The van der Waals surface area contributed by atoms with Crippen molar-refractivity contribution in [3.8, 4) is 0 Å². The second-order valence-electron chi connectivity index (χ2n) is 13.1. The van der Waals surface area contributed by atoms with Crippen LogP contribution in [0.4, 0.5) is 0 Å². The molecule has 0 aromatic carbocycles. The molecule has 0 aliphatic heterocycles. The van der Waals surface area contributed by atoms with E-state index in [2.05, 4.69) is 6.58 Å². The first-order valence-electron chi connectivity index (χ1n) is 14.1. The molecule has 11 atom stereocenters. The van der Waals surface area contributed by atoms with Crippen molar-refractivity contribution in [2.24, 2.45) is 34.0 Å². The summed E-state index contributed by atoms with van der Waals surface area (Å²) in [5.41, 5.74) is -2.77. The van der Waals surface area contributed by atoms with Gasteiger partial charge in [-0.2, -0.15) is 0 Å². The summed E-state index contributed by atoms with van der Waals surface area (Å²) in [5.74, 6) is -4.75. The molecule has 41 heavy (non-hydrogen) atoms. The summed E-state index contributed by atoms with van der Waals surface area (Å²) in [5, 5.41) is 11.4. The normalized spacial score (nSPS) is 42.2. The highest BCUT2D eigenvalue weighted by Gasteiger charge is 2.80. The van der Waals surface area contributed by atoms with E-state index in [1.807, 2.05) is 20.8 Å². The maximum Gasteiger partial charge on any atom is 0.303 e. The SMILES string of the molecule is C=C1[C@@H]2C[C@H](OC(C)=O)[C@H]3[C@]4(C)[C@@H](OC(C)=O)C[C@H](O)C(C)(C)[C@H]4[C@@H](OC(C)=O)[C@H](OC(C)=O)[C@]3(C2)[C@@H]1OC(C)=O. The quantitative estimate of drug-likeness (QED) is 0.291. The fourth-order valence-corrected chi connectivity index (χ4v) is 9.29. The molecule has 4 fully saturated rings. The molecule has 0 heterocycles. The van der Waals surface area contributed by atoms with Gasteiger partial charge in [-0.1, -0.05) is 27.4 Å². The third kappa shape index (κ3) is 4.73. The first kappa shape index (κ1) is 31.0. The zero-order valence-electron chi connectivity index (χ0n) is 25.1. The van der Waals surface area contributed by atoms with Gasteiger partial charge >= 0.3 is 29.8 Å². The van der Waals surface area contributed by atoms with E-state index in [0.29, 0.717) is 18.4 Å². The minimum atomic E-state index is -1.26. The number of hydrogen-bond acceptors (Lipinski definition) is 11. The third-order valence-electron chi connectivity index (χ3n) is 10.2. The van der Waals surface area contributed by atoms with Crippen LogP contribution in [0.1, 0.15) is 74.7 Å². The van der Waals surface area contributed by atoms with Gasteiger partial charge in [-0.05, 0) is 29.7 Å². The van der Waals surface area contributed by atoms with E-state index in [1.165, 1.54) is 34.6 Å². The number of hydrogen-bond donors (Lipinski definition) is 1. The van der Waals surface area contributed by atoms with Crippen LogP contribution in [0.25, 0.3) is 0 Å². The van der Waals surface area contributed by atoms with Crippen molar-refractivity contribution >= 4 is 29.8 Å². The second-order valence-corrected chi connectivity index (χ2v) is 13.1. The van der Waals surface area contributed by atoms with Gasteiger partial charge in [0.2, 0.25) is 0 Å². The van der Waals surface area contributed by atoms with Crippen molar-refractivity contribution < 1.29 is 52.8 Å². The van der Waals surface area contributed by atoms with Gasteiger partial charge in [0.15, 0.2) is 0 Å². The van der Waals surface area contributed by atoms with Gasteiger partial charge in [-0.25, -0.2) is 0 Å². The number of carbonyl (C=O) groups is 5. The van der Waals surface area contributed by atoms with Gasteiger partial charge in [0.1, 0.15) is 30.5 Å². The van der Waals surface area contributed by atoms with E-state index in [9.17, 15) is 29.1 Å². The van der Waals surface area contributed by atoms with Crippen LogP contribution >= 0.6 is 0 Å². The van der Waals surface area contributed by atoms with Crippen LogP contribution in [-0.4, -0.2) is 71.6 Å². The number of ether oxygens (including phenoxy) is 5. The molecule has 4 aliphatic carbocycles. The summed E-state index contributed by atoms with van der Waals surface area (Å²) < 4.78 is 30.0. The number of esters is 5. The van der Waals surface area contributed by atoms with E-state index in [4.69, 9.17) is 23.7 Å². The molecule has 11 nitrogen and oxygen atoms in total. The number of rotatable bonds is 5. The predicted molar refractivity (Wildman–Crippen MR) is 142 cm³/mol. The van der Waals surface area contributed by atoms with Gasteiger partial charge in [0, 0.05) is 58.3 Å². The Kier molecular flexibility index (Phi) is 7.86. The Labute approximate surface area is 240 Å². The molecular formula is C30H42O11. The van der Waals surface area contributed by atoms with E-state index in [1.54, 1.807) is 0 Å². The summed E-state index contributed by atoms with van der Waals surface area (Å²) in [7, 11) is 0. The van der Waals surface area contributed by atoms with Crippen molar-refractivity contribution in [2.75, 3.05) is 0 Å². The third-order valence-corrected chi connectivity index (χ3v) is 10.2. The molecule has 4 saturated carbocycles. The summed E-state index contributed by atoms with van der Waals surface area (Å²) in [4.78, 5) is 63.0. The molecule has 0 saturated heterocycles. The van der Waals surface area contributed by atoms with Crippen molar-refractivity contribution in [3.63, 3.8) is 0 Å². The van der Waals surface area contributed by atoms with Crippen molar-refractivity contribution in [2.45, 2.75) is 111 Å². The molecule has 0 amide bonds. The lowest BCUT2D eigenvalue weighted by molar-refractivity contribution is -0.325. The summed E-state index contributed by atoms with van der Waals surface area (Å²) >= 11 is 0. The number of aliphatic hydroxyl groups excluding tert-OH is 1. The van der Waals surface area contributed by atoms with Crippen LogP contribution < -0.4 is 0 Å². The molecule has 2 bridgehead atoms. The van der Waals surface area contributed by atoms with E-state index in [-0.39, 0.29) is 12.3 Å². The van der Waals surface area contributed by atoms with Gasteiger partial charge in [-0.3, -0.25) is 24.0 Å². The van der Waals surface area contributed by atoms with E-state index in [0.717, 1.165) is 0 Å². The standard InChI is InChI=1S/C30H42O11/c1-13-19-10-20(37-14(2)31)24-29(9)22(38-15(3)32)11-21(36)28(7,8)25(29)23(39-16(4)33)27(41-18(6)35)30(24,12-19)26(13)40-17(5)34/h19-27,36H,1,10-12H2,2-9H3/t19-,20+,21+,22+,23-,24+,25-,26-,27+,29+,30+/m1/s1. The smallest absolute Gasteiger partial charge is 0.303 e. The molecule has 4 rings (SSSR count). The Morgan fingerprint density at radius 2 is 1.29 bits per heavy atom. The zero-order valence-corrected chi connectivity index (χ0v) is 25.1. The summed E-state index contributed by atoms with van der Waals surface area (Å²) in [6, 6.07) is 0. The van der Waals surface area contributed by atoms with E-state index < -0.39 is 94.6 Å². The molecule has 11 heteroatoms. The van der Waals surface area contributed by atoms with Crippen LogP contribution in [0, 0.1) is 34.0 Å². The molecule has 0 aromatic rings. The maximum absolute atomic E-state index is 12.7. The highest BCUT2D eigenvalue weighted by atomic mass is 16.6. The molecule has 0 unspecified atom stereocenters. The molecule has 1 spiro atoms. The Morgan fingerprint density at radius 3 is 1.80 bits per heavy atom. The Hall–Kier alpha value is -2.95. The summed E-state index contributed by atoms with van der Waals surface area (Å²) in [6.07, 6.45) is -5.23. The Bertz CT molecular complexity index is 1160. The first-order chi connectivity index (χ1) is 18.9. The Balaban J connectivity index is 2.13. The lowest BCUT2D eigenvalue weighted by Gasteiger charge is -2.70. The zero-order chi connectivity index (χ0) is 30.8. The van der Waals surface area contributed by atoms with E-state index >= 15 is 0 Å². The van der Waals surface area contributed by atoms with Crippen LogP contribution in [0.3, 0.4) is 0 Å². The average Bonchev–Trinajstić information content (AvgIpc) is 3.00. The second kappa shape index (κ2) is 10.4. The highest BCUT2D eigenvalue weighted by Crippen LogP contribution is 2.74. The van der Waals surface area contributed by atoms with Crippen molar-refractivity contribution in [1.29, 1.82) is 0 Å². The summed E-state index contributed by atoms with van der Waals surface area (Å²) in [6.45, 7) is 16.1. The number of carbonyl (C=O) groups excluding carboxylic acids is 5. The maximum atomic E-state index is 12.7. The van der Waals surface area contributed by atoms with Crippen LogP contribution in [0.5, 0.6) is 0 Å². The first-order valence-corrected chi connectivity index (χ1v) is 14.1. The van der Waals surface area contributed by atoms with Gasteiger partial charge in [-0.15, -0.1) is 0 Å². The highest BCUT2D eigenvalue weighted by molar-refractivity contribution is 5.69. The van der Waals surface area contributed by atoms with Crippen LogP contribution in [0.2, 0.25) is 0 Å².